The molecule has 3 heteroatoms. The molecule has 1 rings (SSSR count). The van der Waals surface area contributed by atoms with Gasteiger partial charge in [0.1, 0.15) is 0 Å². The SMILES string of the molecule is CCN(CC(C)(C)O)C1CCCC(N)C1. The van der Waals surface area contributed by atoms with Crippen molar-refractivity contribution in [1.29, 1.82) is 0 Å². The number of likely N-dealkylation sites (N-methyl/N-ethyl adjacent to an activating group) is 1. The fourth-order valence-corrected chi connectivity index (χ4v) is 2.53. The second-order valence-corrected chi connectivity index (χ2v) is 5.46. The first kappa shape index (κ1) is 12.9. The third-order valence-corrected chi connectivity index (χ3v) is 3.20. The van der Waals surface area contributed by atoms with Crippen LogP contribution in [0.25, 0.3) is 0 Å². The van der Waals surface area contributed by atoms with Crippen LogP contribution in [0.4, 0.5) is 0 Å². The van der Waals surface area contributed by atoms with Crippen molar-refractivity contribution in [1.82, 2.24) is 4.90 Å². The maximum Gasteiger partial charge on any atom is 0.0718 e. The van der Waals surface area contributed by atoms with Crippen molar-refractivity contribution in [3.63, 3.8) is 0 Å². The molecule has 1 aliphatic rings. The quantitative estimate of drug-likeness (QED) is 0.742. The van der Waals surface area contributed by atoms with E-state index in [4.69, 9.17) is 5.73 Å². The molecule has 0 aromatic rings. The van der Waals surface area contributed by atoms with Gasteiger partial charge in [0, 0.05) is 18.6 Å². The molecule has 2 atom stereocenters. The zero-order valence-corrected chi connectivity index (χ0v) is 10.4. The lowest BCUT2D eigenvalue weighted by Gasteiger charge is -2.38. The van der Waals surface area contributed by atoms with Crippen LogP contribution in [0.5, 0.6) is 0 Å². The van der Waals surface area contributed by atoms with Crippen LogP contribution >= 0.6 is 0 Å². The van der Waals surface area contributed by atoms with Crippen LogP contribution in [-0.2, 0) is 0 Å². The highest BCUT2D eigenvalue weighted by atomic mass is 16.3. The van der Waals surface area contributed by atoms with Crippen molar-refractivity contribution < 1.29 is 5.11 Å². The van der Waals surface area contributed by atoms with Crippen molar-refractivity contribution in [2.24, 2.45) is 5.73 Å². The Morgan fingerprint density at radius 3 is 2.53 bits per heavy atom. The van der Waals surface area contributed by atoms with E-state index in [1.54, 1.807) is 0 Å². The van der Waals surface area contributed by atoms with E-state index in [9.17, 15) is 5.11 Å². The normalized spacial score (nSPS) is 28.4. The lowest BCUT2D eigenvalue weighted by Crippen LogP contribution is -2.48. The van der Waals surface area contributed by atoms with E-state index >= 15 is 0 Å². The van der Waals surface area contributed by atoms with Gasteiger partial charge in [0.05, 0.1) is 5.60 Å². The van der Waals surface area contributed by atoms with Crippen molar-refractivity contribution in [3.8, 4) is 0 Å². The van der Waals surface area contributed by atoms with E-state index in [0.717, 1.165) is 25.9 Å². The Kier molecular flexibility index (Phi) is 4.56. The minimum atomic E-state index is -0.600. The van der Waals surface area contributed by atoms with Crippen molar-refractivity contribution in [2.75, 3.05) is 13.1 Å². The third kappa shape index (κ3) is 4.49. The van der Waals surface area contributed by atoms with Gasteiger partial charge in [-0.25, -0.2) is 0 Å². The number of hydrogen-bond donors (Lipinski definition) is 2. The van der Waals surface area contributed by atoms with Crippen LogP contribution < -0.4 is 5.73 Å². The minimum absolute atomic E-state index is 0.361. The molecule has 90 valence electrons. The summed E-state index contributed by atoms with van der Waals surface area (Å²) < 4.78 is 0. The summed E-state index contributed by atoms with van der Waals surface area (Å²) in [6.07, 6.45) is 4.71. The van der Waals surface area contributed by atoms with E-state index in [1.165, 1.54) is 12.8 Å². The summed E-state index contributed by atoms with van der Waals surface area (Å²) in [5.41, 5.74) is 5.39. The number of nitrogens with two attached hydrogens (primary N) is 1. The number of aliphatic hydroxyl groups is 1. The van der Waals surface area contributed by atoms with Gasteiger partial charge in [-0.3, -0.25) is 4.90 Å². The van der Waals surface area contributed by atoms with E-state index in [-0.39, 0.29) is 0 Å². The number of nitrogens with zero attached hydrogens (tertiary/aromatic N) is 1. The monoisotopic (exact) mass is 214 g/mol. The Morgan fingerprint density at radius 2 is 2.07 bits per heavy atom. The van der Waals surface area contributed by atoms with Crippen molar-refractivity contribution in [2.45, 2.75) is 64.1 Å². The van der Waals surface area contributed by atoms with Gasteiger partial charge in [-0.15, -0.1) is 0 Å². The molecule has 0 spiro atoms. The summed E-state index contributed by atoms with van der Waals surface area (Å²) in [5, 5.41) is 9.84. The molecule has 1 fully saturated rings. The Labute approximate surface area is 93.6 Å². The third-order valence-electron chi connectivity index (χ3n) is 3.20. The average molecular weight is 214 g/mol. The van der Waals surface area contributed by atoms with Gasteiger partial charge < -0.3 is 10.8 Å². The summed E-state index contributed by atoms with van der Waals surface area (Å²) in [4.78, 5) is 2.37. The van der Waals surface area contributed by atoms with Gasteiger partial charge in [0.25, 0.3) is 0 Å². The molecule has 3 N–H and O–H groups in total. The number of hydrogen-bond acceptors (Lipinski definition) is 3. The largest absolute Gasteiger partial charge is 0.389 e. The summed E-state index contributed by atoms with van der Waals surface area (Å²) in [7, 11) is 0. The van der Waals surface area contributed by atoms with E-state index < -0.39 is 5.60 Å². The molecule has 3 nitrogen and oxygen atoms in total. The molecule has 1 saturated carbocycles. The van der Waals surface area contributed by atoms with Gasteiger partial charge in [-0.05, 0) is 39.7 Å². The van der Waals surface area contributed by atoms with E-state index in [1.807, 2.05) is 13.8 Å². The molecule has 0 amide bonds. The van der Waals surface area contributed by atoms with Gasteiger partial charge >= 0.3 is 0 Å². The molecule has 0 aromatic carbocycles. The van der Waals surface area contributed by atoms with E-state index in [0.29, 0.717) is 12.1 Å². The number of rotatable bonds is 4. The summed E-state index contributed by atoms with van der Waals surface area (Å²) >= 11 is 0. The van der Waals surface area contributed by atoms with Crippen molar-refractivity contribution in [3.05, 3.63) is 0 Å². The van der Waals surface area contributed by atoms with Gasteiger partial charge in [0.2, 0.25) is 0 Å². The van der Waals surface area contributed by atoms with Crippen molar-refractivity contribution >= 4 is 0 Å². The lowest BCUT2D eigenvalue weighted by atomic mass is 9.90. The fourth-order valence-electron chi connectivity index (χ4n) is 2.53. The maximum absolute atomic E-state index is 9.84. The standard InChI is InChI=1S/C12H26N2O/c1-4-14(9-12(2,3)15)11-7-5-6-10(13)8-11/h10-11,15H,4-9,13H2,1-3H3. The first-order valence-corrected chi connectivity index (χ1v) is 6.14. The Bertz CT molecular complexity index is 189. The van der Waals surface area contributed by atoms with Gasteiger partial charge in [-0.1, -0.05) is 13.3 Å². The molecule has 0 aliphatic heterocycles. The second kappa shape index (κ2) is 5.28. The van der Waals surface area contributed by atoms with Crippen LogP contribution in [0.3, 0.4) is 0 Å². The maximum atomic E-state index is 9.84. The summed E-state index contributed by atoms with van der Waals surface area (Å²) in [6.45, 7) is 7.66. The lowest BCUT2D eigenvalue weighted by molar-refractivity contribution is 0.0146. The molecule has 1 aliphatic carbocycles. The molecule has 15 heavy (non-hydrogen) atoms. The summed E-state index contributed by atoms with van der Waals surface area (Å²) in [6, 6.07) is 0.935. The Balaban J connectivity index is 2.50. The molecular formula is C12H26N2O. The predicted octanol–water partition coefficient (Wildman–Crippen LogP) is 1.35. The highest BCUT2D eigenvalue weighted by Crippen LogP contribution is 2.23. The molecule has 0 radical (unpaired) electrons. The summed E-state index contributed by atoms with van der Waals surface area (Å²) in [5.74, 6) is 0. The van der Waals surface area contributed by atoms with Crippen LogP contribution in [0.2, 0.25) is 0 Å². The fraction of sp³-hybridized carbons (Fsp3) is 1.00. The highest BCUT2D eigenvalue weighted by molar-refractivity contribution is 4.84. The van der Waals surface area contributed by atoms with Crippen LogP contribution in [0, 0.1) is 0 Å². The predicted molar refractivity (Wildman–Crippen MR) is 63.8 cm³/mol. The molecular weight excluding hydrogens is 188 g/mol. The minimum Gasteiger partial charge on any atom is -0.389 e. The molecule has 0 bridgehead atoms. The molecule has 2 unspecified atom stereocenters. The molecule has 0 aromatic heterocycles. The average Bonchev–Trinajstić information content (AvgIpc) is 2.13. The molecule has 0 heterocycles. The Morgan fingerprint density at radius 1 is 1.40 bits per heavy atom. The van der Waals surface area contributed by atoms with Gasteiger partial charge in [0.15, 0.2) is 0 Å². The Hall–Kier alpha value is -0.120. The smallest absolute Gasteiger partial charge is 0.0718 e. The van der Waals surface area contributed by atoms with Crippen LogP contribution in [-0.4, -0.2) is 40.8 Å². The van der Waals surface area contributed by atoms with Crippen LogP contribution in [0.15, 0.2) is 0 Å². The second-order valence-electron chi connectivity index (χ2n) is 5.46. The molecule has 0 saturated heterocycles. The topological polar surface area (TPSA) is 49.5 Å². The van der Waals surface area contributed by atoms with Crippen LogP contribution in [0.1, 0.15) is 46.5 Å². The zero-order chi connectivity index (χ0) is 11.5. The first-order chi connectivity index (χ1) is 6.92. The van der Waals surface area contributed by atoms with E-state index in [2.05, 4.69) is 11.8 Å². The first-order valence-electron chi connectivity index (χ1n) is 6.14. The zero-order valence-electron chi connectivity index (χ0n) is 10.4. The highest BCUT2D eigenvalue weighted by Gasteiger charge is 2.27. The van der Waals surface area contributed by atoms with Gasteiger partial charge in [-0.2, -0.15) is 0 Å².